The monoisotopic (exact) mass is 472 g/mol. The lowest BCUT2D eigenvalue weighted by Gasteiger charge is -2.39. The second kappa shape index (κ2) is 9.58. The zero-order chi connectivity index (χ0) is 23.6. The first-order valence-electron chi connectivity index (χ1n) is 12.1. The zero-order valence-electron chi connectivity index (χ0n) is 20.0. The lowest BCUT2D eigenvalue weighted by Crippen LogP contribution is -2.47. The van der Waals surface area contributed by atoms with Crippen LogP contribution in [-0.4, -0.2) is 47.8 Å². The van der Waals surface area contributed by atoms with Crippen LogP contribution in [0.3, 0.4) is 0 Å². The number of hydrogen-bond acceptors (Lipinski definition) is 4. The molecule has 1 aromatic carbocycles. The zero-order valence-corrected chi connectivity index (χ0v) is 20.8. The van der Waals surface area contributed by atoms with Gasteiger partial charge < -0.3 is 9.88 Å². The third-order valence-corrected chi connectivity index (χ3v) is 9.33. The van der Waals surface area contributed by atoms with Crippen molar-refractivity contribution in [3.05, 3.63) is 47.4 Å². The summed E-state index contributed by atoms with van der Waals surface area (Å²) in [5, 5.41) is 3.34. The predicted molar refractivity (Wildman–Crippen MR) is 128 cm³/mol. The van der Waals surface area contributed by atoms with Crippen LogP contribution in [0, 0.1) is 19.8 Å². The van der Waals surface area contributed by atoms with Gasteiger partial charge in [0.15, 0.2) is 5.03 Å². The van der Waals surface area contributed by atoms with Crippen molar-refractivity contribution in [2.75, 3.05) is 19.6 Å². The van der Waals surface area contributed by atoms with Crippen LogP contribution < -0.4 is 5.32 Å². The number of nitrogens with one attached hydrogen (secondary N) is 1. The van der Waals surface area contributed by atoms with Crippen LogP contribution in [0.5, 0.6) is 0 Å². The van der Waals surface area contributed by atoms with Crippen LogP contribution in [0.4, 0.5) is 0 Å². The summed E-state index contributed by atoms with van der Waals surface area (Å²) >= 11 is 0. The summed E-state index contributed by atoms with van der Waals surface area (Å²) in [6.45, 7) is 5.25. The lowest BCUT2D eigenvalue weighted by atomic mass is 9.69. The van der Waals surface area contributed by atoms with Gasteiger partial charge in [-0.15, -0.1) is 0 Å². The fourth-order valence-electron chi connectivity index (χ4n) is 5.31. The van der Waals surface area contributed by atoms with Crippen LogP contribution in [0.15, 0.2) is 35.5 Å². The van der Waals surface area contributed by atoms with E-state index in [1.54, 1.807) is 24.7 Å². The Morgan fingerprint density at radius 1 is 1.15 bits per heavy atom. The SMILES string of the molecule is Cc1cccc(C2(CNC(=O)C3CCN(S(=O)(=O)c4cn(C)c(C)n4)CC3)CCCCC2)c1. The number of piperidine rings is 1. The van der Waals surface area contributed by atoms with Gasteiger partial charge in [-0.3, -0.25) is 4.79 Å². The maximum Gasteiger partial charge on any atom is 0.262 e. The Kier molecular flexibility index (Phi) is 6.96. The average molecular weight is 473 g/mol. The van der Waals surface area contributed by atoms with Crippen LogP contribution >= 0.6 is 0 Å². The van der Waals surface area contributed by atoms with Gasteiger partial charge in [-0.1, -0.05) is 49.1 Å². The molecule has 4 rings (SSSR count). The van der Waals surface area contributed by atoms with Gasteiger partial charge in [0, 0.05) is 44.2 Å². The van der Waals surface area contributed by atoms with Gasteiger partial charge >= 0.3 is 0 Å². The van der Waals surface area contributed by atoms with Crippen LogP contribution in [-0.2, 0) is 27.3 Å². The molecule has 0 unspecified atom stereocenters. The van der Waals surface area contributed by atoms with E-state index < -0.39 is 10.0 Å². The van der Waals surface area contributed by atoms with Crippen molar-refractivity contribution >= 4 is 15.9 Å². The molecule has 2 aliphatic rings. The Hall–Kier alpha value is -2.19. The number of aryl methyl sites for hydroxylation is 3. The maximum atomic E-state index is 13.1. The number of aromatic nitrogens is 2. The van der Waals surface area contributed by atoms with Crippen molar-refractivity contribution in [3.8, 4) is 0 Å². The minimum Gasteiger partial charge on any atom is -0.355 e. The topological polar surface area (TPSA) is 84.3 Å². The summed E-state index contributed by atoms with van der Waals surface area (Å²) in [4.78, 5) is 17.2. The van der Waals surface area contributed by atoms with Crippen molar-refractivity contribution in [1.29, 1.82) is 0 Å². The highest BCUT2D eigenvalue weighted by molar-refractivity contribution is 7.89. The van der Waals surface area contributed by atoms with E-state index in [1.165, 1.54) is 34.7 Å². The number of sulfonamides is 1. The van der Waals surface area contributed by atoms with E-state index in [0.29, 0.717) is 38.3 Å². The van der Waals surface area contributed by atoms with E-state index in [-0.39, 0.29) is 22.3 Å². The number of amides is 1. The van der Waals surface area contributed by atoms with Crippen LogP contribution in [0.25, 0.3) is 0 Å². The Morgan fingerprint density at radius 3 is 2.45 bits per heavy atom. The van der Waals surface area contributed by atoms with E-state index in [1.807, 2.05) is 0 Å². The van der Waals surface area contributed by atoms with Crippen molar-refractivity contribution in [3.63, 3.8) is 0 Å². The van der Waals surface area contributed by atoms with E-state index >= 15 is 0 Å². The third-order valence-electron chi connectivity index (χ3n) is 7.56. The molecule has 1 aromatic heterocycles. The van der Waals surface area contributed by atoms with Gasteiger partial charge in [-0.25, -0.2) is 13.4 Å². The van der Waals surface area contributed by atoms with Gasteiger partial charge in [0.05, 0.1) is 0 Å². The summed E-state index contributed by atoms with van der Waals surface area (Å²) in [6, 6.07) is 8.70. The number of carbonyl (C=O) groups is 1. The third kappa shape index (κ3) is 5.01. The number of hydrogen-bond donors (Lipinski definition) is 1. The highest BCUT2D eigenvalue weighted by Gasteiger charge is 2.37. The normalized spacial score (nSPS) is 20.0. The molecule has 2 aromatic rings. The molecular weight excluding hydrogens is 436 g/mol. The number of nitrogens with zero attached hydrogens (tertiary/aromatic N) is 3. The fraction of sp³-hybridized carbons (Fsp3) is 0.600. The average Bonchev–Trinajstić information content (AvgIpc) is 3.17. The van der Waals surface area contributed by atoms with Gasteiger partial charge in [-0.05, 0) is 45.1 Å². The standard InChI is InChI=1S/C25H36N4O3S/c1-19-8-7-9-22(16-19)25(12-5-4-6-13-25)18-26-24(30)21-10-14-29(15-11-21)33(31,32)23-17-28(3)20(2)27-23/h7-9,16-17,21H,4-6,10-15,18H2,1-3H3,(H,26,30). The number of carbonyl (C=O) groups excluding carboxylic acids is 1. The molecule has 1 aliphatic heterocycles. The van der Waals surface area contributed by atoms with Gasteiger partial charge in [0.2, 0.25) is 5.91 Å². The largest absolute Gasteiger partial charge is 0.355 e. The smallest absolute Gasteiger partial charge is 0.262 e. The van der Waals surface area contributed by atoms with Gasteiger partial charge in [0.25, 0.3) is 10.0 Å². The Labute approximate surface area is 197 Å². The Morgan fingerprint density at radius 2 is 1.85 bits per heavy atom. The predicted octanol–water partition coefficient (Wildman–Crippen LogP) is 3.46. The van der Waals surface area contributed by atoms with Crippen LogP contribution in [0.1, 0.15) is 61.9 Å². The minimum absolute atomic E-state index is 0.000804. The van der Waals surface area contributed by atoms with Gasteiger partial charge in [-0.2, -0.15) is 4.31 Å². The minimum atomic E-state index is -3.62. The molecule has 0 radical (unpaired) electrons. The van der Waals surface area contributed by atoms with Crippen molar-refractivity contribution in [2.24, 2.45) is 13.0 Å². The molecule has 8 heteroatoms. The Balaban J connectivity index is 1.37. The molecule has 1 amide bonds. The molecule has 1 saturated carbocycles. The number of benzene rings is 1. The van der Waals surface area contributed by atoms with Gasteiger partial charge in [0.1, 0.15) is 5.82 Å². The molecule has 1 saturated heterocycles. The second-order valence-corrected chi connectivity index (χ2v) is 11.7. The molecule has 0 spiro atoms. The first-order chi connectivity index (χ1) is 15.7. The molecule has 7 nitrogen and oxygen atoms in total. The van der Waals surface area contributed by atoms with Crippen molar-refractivity contribution < 1.29 is 13.2 Å². The van der Waals surface area contributed by atoms with Crippen molar-refractivity contribution in [2.45, 2.75) is 69.2 Å². The van der Waals surface area contributed by atoms with E-state index in [4.69, 9.17) is 0 Å². The molecule has 0 atom stereocenters. The first kappa shape index (κ1) is 24.0. The molecular formula is C25H36N4O3S. The molecule has 2 heterocycles. The van der Waals surface area contributed by atoms with Crippen LogP contribution in [0.2, 0.25) is 0 Å². The highest BCUT2D eigenvalue weighted by atomic mass is 32.2. The molecule has 33 heavy (non-hydrogen) atoms. The molecule has 180 valence electrons. The quantitative estimate of drug-likeness (QED) is 0.698. The van der Waals surface area contributed by atoms with E-state index in [9.17, 15) is 13.2 Å². The number of imidazole rings is 1. The summed E-state index contributed by atoms with van der Waals surface area (Å²) < 4.78 is 29.1. The summed E-state index contributed by atoms with van der Waals surface area (Å²) in [5.41, 5.74) is 2.58. The Bertz CT molecular complexity index is 1080. The second-order valence-electron chi connectivity index (χ2n) is 9.84. The lowest BCUT2D eigenvalue weighted by molar-refractivity contribution is -0.126. The van der Waals surface area contributed by atoms with E-state index in [2.05, 4.69) is 41.5 Å². The molecule has 0 bridgehead atoms. The number of rotatable bonds is 6. The van der Waals surface area contributed by atoms with Crippen molar-refractivity contribution in [1.82, 2.24) is 19.2 Å². The summed E-state index contributed by atoms with van der Waals surface area (Å²) in [7, 11) is -1.84. The molecule has 1 aliphatic carbocycles. The highest BCUT2D eigenvalue weighted by Crippen LogP contribution is 2.39. The molecule has 1 N–H and O–H groups in total. The first-order valence-corrected chi connectivity index (χ1v) is 13.5. The summed E-state index contributed by atoms with van der Waals surface area (Å²) in [5.74, 6) is 0.562. The molecule has 2 fully saturated rings. The summed E-state index contributed by atoms with van der Waals surface area (Å²) in [6.07, 6.45) is 8.44. The maximum absolute atomic E-state index is 13.1. The fourth-order valence-corrected chi connectivity index (χ4v) is 6.81. The van der Waals surface area contributed by atoms with E-state index in [0.717, 1.165) is 12.8 Å².